The van der Waals surface area contributed by atoms with Crippen LogP contribution in [0.5, 0.6) is 5.75 Å². The Morgan fingerprint density at radius 1 is 1.26 bits per heavy atom. The van der Waals surface area contributed by atoms with Crippen LogP contribution in [-0.4, -0.2) is 63.8 Å². The summed E-state index contributed by atoms with van der Waals surface area (Å²) in [5.41, 5.74) is 11.1. The summed E-state index contributed by atoms with van der Waals surface area (Å²) in [4.78, 5) is 10.7. The lowest BCUT2D eigenvalue weighted by molar-refractivity contribution is 0.135. The van der Waals surface area contributed by atoms with Crippen molar-refractivity contribution in [2.45, 2.75) is 56.8 Å². The fourth-order valence-electron chi connectivity index (χ4n) is 5.95. The Kier molecular flexibility index (Phi) is 7.30. The second kappa shape index (κ2) is 10.4. The lowest BCUT2D eigenvalue weighted by atomic mass is 9.71. The number of aromatic hydroxyl groups is 1. The summed E-state index contributed by atoms with van der Waals surface area (Å²) >= 11 is 1.89. The first-order chi connectivity index (χ1) is 16.6. The van der Waals surface area contributed by atoms with Gasteiger partial charge in [0.05, 0.1) is 24.0 Å². The zero-order chi connectivity index (χ0) is 23.7. The lowest BCUT2D eigenvalue weighted by Crippen LogP contribution is -2.45. The fourth-order valence-corrected chi connectivity index (χ4v) is 6.39. The molecule has 4 N–H and O–H groups in total. The Hall–Kier alpha value is -1.87. The monoisotopic (exact) mass is 485 g/mol. The zero-order valence-electron chi connectivity index (χ0n) is 20.1. The molecule has 1 aromatic carbocycles. The predicted octanol–water partition coefficient (Wildman–Crippen LogP) is 4.18. The molecule has 2 fully saturated rings. The number of thioether (sulfide) groups is 1. The van der Waals surface area contributed by atoms with Crippen LogP contribution in [0.1, 0.15) is 60.8 Å². The molecule has 5 unspecified atom stereocenters. The van der Waals surface area contributed by atoms with Crippen molar-refractivity contribution in [2.24, 2.45) is 5.92 Å². The van der Waals surface area contributed by atoms with Crippen molar-refractivity contribution < 1.29 is 9.50 Å². The first kappa shape index (κ1) is 23.9. The number of H-pyrrole nitrogens is 1. The minimum absolute atomic E-state index is 0.0225. The summed E-state index contributed by atoms with van der Waals surface area (Å²) in [5, 5.41) is 9.85. The molecule has 184 valence electrons. The molecule has 0 spiro atoms. The topological polar surface area (TPSA) is 76.2 Å². The first-order valence-electron chi connectivity index (χ1n) is 12.5. The molecule has 1 aromatic heterocycles. The number of nitrogens with one attached hydrogen (secondary N) is 3. The SMILES string of the molecule is CCc1cc(O)ccc1C1CCC2C(c3ncc(C4=CCN(CCSC)CC4)[nH]3)NNC2C1F. The van der Waals surface area contributed by atoms with E-state index in [-0.39, 0.29) is 29.7 Å². The highest BCUT2D eigenvalue weighted by molar-refractivity contribution is 7.98. The Morgan fingerprint density at radius 2 is 2.15 bits per heavy atom. The molecule has 1 aliphatic carbocycles. The van der Waals surface area contributed by atoms with Crippen LogP contribution in [0.2, 0.25) is 0 Å². The smallest absolute Gasteiger partial charge is 0.125 e. The number of phenols is 1. The standard InChI is InChI=1S/C26H36FN5OS/c1-3-16-14-18(33)4-5-19(16)20-6-7-21-24(23(20)27)30-31-25(21)26-28-15-22(29-26)17-8-10-32(11-9-17)12-13-34-2/h4-5,8,14-15,20-21,23-25,30-31,33H,3,6-7,9-13H2,1-2H3,(H,28,29). The van der Waals surface area contributed by atoms with E-state index in [2.05, 4.69) is 40.0 Å². The van der Waals surface area contributed by atoms with Gasteiger partial charge >= 0.3 is 0 Å². The molecule has 34 heavy (non-hydrogen) atoms. The number of halogens is 1. The summed E-state index contributed by atoms with van der Waals surface area (Å²) in [6.07, 6.45) is 8.95. The summed E-state index contributed by atoms with van der Waals surface area (Å²) < 4.78 is 15.8. The summed E-state index contributed by atoms with van der Waals surface area (Å²) in [7, 11) is 0. The zero-order valence-corrected chi connectivity index (χ0v) is 20.9. The number of benzene rings is 1. The molecule has 0 amide bonds. The van der Waals surface area contributed by atoms with Crippen molar-refractivity contribution in [3.05, 3.63) is 53.1 Å². The third kappa shape index (κ3) is 4.65. The van der Waals surface area contributed by atoms with Crippen LogP contribution in [0.4, 0.5) is 4.39 Å². The molecule has 3 aliphatic rings. The van der Waals surface area contributed by atoms with Gasteiger partial charge < -0.3 is 10.1 Å². The molecule has 1 saturated heterocycles. The van der Waals surface area contributed by atoms with Gasteiger partial charge in [0, 0.05) is 37.2 Å². The molecule has 8 heteroatoms. The van der Waals surface area contributed by atoms with Crippen LogP contribution in [-0.2, 0) is 6.42 Å². The predicted molar refractivity (Wildman–Crippen MR) is 137 cm³/mol. The van der Waals surface area contributed by atoms with Gasteiger partial charge in [-0.3, -0.25) is 10.3 Å². The van der Waals surface area contributed by atoms with Crippen LogP contribution >= 0.6 is 11.8 Å². The van der Waals surface area contributed by atoms with Crippen LogP contribution in [0.3, 0.4) is 0 Å². The minimum atomic E-state index is -0.992. The third-order valence-electron chi connectivity index (χ3n) is 7.88. The van der Waals surface area contributed by atoms with Gasteiger partial charge in [0.25, 0.3) is 0 Å². The minimum Gasteiger partial charge on any atom is -0.508 e. The number of hydrazine groups is 1. The molecule has 5 atom stereocenters. The van der Waals surface area contributed by atoms with Gasteiger partial charge in [-0.1, -0.05) is 19.1 Å². The van der Waals surface area contributed by atoms with Crippen molar-refractivity contribution in [1.82, 2.24) is 25.7 Å². The lowest BCUT2D eigenvalue weighted by Gasteiger charge is -2.36. The molecule has 1 saturated carbocycles. The van der Waals surface area contributed by atoms with Crippen molar-refractivity contribution >= 4 is 17.3 Å². The van der Waals surface area contributed by atoms with Gasteiger partial charge in [-0.2, -0.15) is 11.8 Å². The Bertz CT molecular complexity index is 1030. The van der Waals surface area contributed by atoms with Gasteiger partial charge in [-0.15, -0.1) is 0 Å². The number of aryl methyl sites for hydroxylation is 1. The molecule has 5 rings (SSSR count). The number of nitrogens with zero attached hydrogens (tertiary/aromatic N) is 2. The average molecular weight is 486 g/mol. The third-order valence-corrected chi connectivity index (χ3v) is 8.47. The van der Waals surface area contributed by atoms with Crippen LogP contribution in [0.25, 0.3) is 5.57 Å². The van der Waals surface area contributed by atoms with Gasteiger partial charge in [-0.05, 0) is 60.8 Å². The number of aromatic nitrogens is 2. The molecule has 2 aliphatic heterocycles. The number of imidazole rings is 1. The van der Waals surface area contributed by atoms with E-state index < -0.39 is 6.17 Å². The van der Waals surface area contributed by atoms with E-state index in [1.54, 1.807) is 12.1 Å². The van der Waals surface area contributed by atoms with Crippen molar-refractivity contribution in [3.8, 4) is 5.75 Å². The van der Waals surface area contributed by atoms with E-state index in [1.165, 1.54) is 11.3 Å². The number of rotatable bonds is 7. The maximum absolute atomic E-state index is 15.8. The number of fused-ring (bicyclic) bond motifs is 1. The summed E-state index contributed by atoms with van der Waals surface area (Å²) in [6, 6.07) is 5.09. The van der Waals surface area contributed by atoms with Crippen LogP contribution in [0, 0.1) is 5.92 Å². The van der Waals surface area contributed by atoms with E-state index in [1.807, 2.05) is 24.0 Å². The molecular formula is C26H36FN5OS. The maximum atomic E-state index is 15.8. The number of hydrogen-bond acceptors (Lipinski definition) is 6. The quantitative estimate of drug-likeness (QED) is 0.472. The highest BCUT2D eigenvalue weighted by Gasteiger charge is 2.48. The van der Waals surface area contributed by atoms with E-state index in [9.17, 15) is 5.11 Å². The molecule has 0 radical (unpaired) electrons. The molecule has 0 bridgehead atoms. The first-order valence-corrected chi connectivity index (χ1v) is 13.9. The Balaban J connectivity index is 1.27. The number of phenolic OH excluding ortho intramolecular Hbond substituents is 1. The Morgan fingerprint density at radius 3 is 2.91 bits per heavy atom. The summed E-state index contributed by atoms with van der Waals surface area (Å²) in [6.45, 7) is 5.26. The van der Waals surface area contributed by atoms with Crippen molar-refractivity contribution in [2.75, 3.05) is 31.6 Å². The van der Waals surface area contributed by atoms with Gasteiger partial charge in [0.1, 0.15) is 17.7 Å². The Labute approximate surface area is 205 Å². The number of aromatic amines is 1. The number of hydrogen-bond donors (Lipinski definition) is 4. The maximum Gasteiger partial charge on any atom is 0.125 e. The second-order valence-corrected chi connectivity index (χ2v) is 10.8. The molecule has 3 heterocycles. The molecular weight excluding hydrogens is 449 g/mol. The van der Waals surface area contributed by atoms with E-state index >= 15 is 4.39 Å². The van der Waals surface area contributed by atoms with Crippen LogP contribution < -0.4 is 10.9 Å². The highest BCUT2D eigenvalue weighted by atomic mass is 32.2. The number of alkyl halides is 1. The van der Waals surface area contributed by atoms with E-state index in [0.29, 0.717) is 0 Å². The highest BCUT2D eigenvalue weighted by Crippen LogP contribution is 2.45. The van der Waals surface area contributed by atoms with Crippen LogP contribution in [0.15, 0.2) is 30.5 Å². The van der Waals surface area contributed by atoms with Gasteiger partial charge in [-0.25, -0.2) is 14.8 Å². The largest absolute Gasteiger partial charge is 0.508 e. The second-order valence-electron chi connectivity index (χ2n) is 9.78. The molecule has 6 nitrogen and oxygen atoms in total. The normalized spacial score (nSPS) is 29.7. The van der Waals surface area contributed by atoms with E-state index in [0.717, 1.165) is 68.0 Å². The molecule has 2 aromatic rings. The fraction of sp³-hybridized carbons (Fsp3) is 0.577. The van der Waals surface area contributed by atoms with Gasteiger partial charge in [0.15, 0.2) is 0 Å². The van der Waals surface area contributed by atoms with Crippen molar-refractivity contribution in [3.63, 3.8) is 0 Å². The van der Waals surface area contributed by atoms with Gasteiger partial charge in [0.2, 0.25) is 0 Å². The summed E-state index contributed by atoms with van der Waals surface area (Å²) in [5.74, 6) is 2.31. The van der Waals surface area contributed by atoms with E-state index in [4.69, 9.17) is 4.98 Å². The average Bonchev–Trinajstić information content (AvgIpc) is 3.51. The van der Waals surface area contributed by atoms with Crippen molar-refractivity contribution in [1.29, 1.82) is 0 Å².